The summed E-state index contributed by atoms with van der Waals surface area (Å²) in [6.07, 6.45) is 7.18. The Bertz CT molecular complexity index is 1400. The van der Waals surface area contributed by atoms with Gasteiger partial charge in [-0.15, -0.1) is 39.7 Å². The van der Waals surface area contributed by atoms with Gasteiger partial charge in [-0.3, -0.25) is 0 Å². The predicted molar refractivity (Wildman–Crippen MR) is 174 cm³/mol. The van der Waals surface area contributed by atoms with Crippen molar-refractivity contribution < 1.29 is 49.0 Å². The zero-order valence-corrected chi connectivity index (χ0v) is 30.2. The number of hydrogen-bond acceptors (Lipinski definition) is 0. The zero-order chi connectivity index (χ0) is 28.8. The molecule has 6 rings (SSSR count). The van der Waals surface area contributed by atoms with Crippen LogP contribution < -0.4 is 24.8 Å². The molecule has 0 atom stereocenters. The Balaban J connectivity index is 0.000000253. The normalized spacial score (nSPS) is 13.6. The Morgan fingerprint density at radius 1 is 0.643 bits per heavy atom. The molecule has 0 N–H and O–H groups in total. The Hall–Kier alpha value is -1.79. The fraction of sp³-hybridized carbons (Fsp3) is 0.359. The third-order valence-corrected chi connectivity index (χ3v) is 9.80. The molecule has 0 spiro atoms. The molecule has 0 aromatic heterocycles. The summed E-state index contributed by atoms with van der Waals surface area (Å²) in [5.41, 5.74) is 4.70. The number of rotatable bonds is 2. The molecule has 0 radical (unpaired) electrons. The van der Waals surface area contributed by atoms with Crippen molar-refractivity contribution in [1.29, 1.82) is 0 Å². The molecule has 0 heterocycles. The Morgan fingerprint density at radius 3 is 1.52 bits per heavy atom. The van der Waals surface area contributed by atoms with Crippen LogP contribution in [-0.2, 0) is 35.1 Å². The molecule has 0 bridgehead atoms. The van der Waals surface area contributed by atoms with Crippen molar-refractivity contribution in [3.8, 4) is 0 Å². The summed E-state index contributed by atoms with van der Waals surface area (Å²) in [6.45, 7) is 13.6. The second-order valence-corrected chi connectivity index (χ2v) is 14.6. The monoisotopic (exact) mass is 674 g/mol. The average molecular weight is 677 g/mol. The van der Waals surface area contributed by atoms with E-state index in [1.165, 1.54) is 70.3 Å². The van der Waals surface area contributed by atoms with Crippen LogP contribution in [0, 0.1) is 5.92 Å². The van der Waals surface area contributed by atoms with E-state index in [0.29, 0.717) is 0 Å². The van der Waals surface area contributed by atoms with Crippen LogP contribution in [0.25, 0.3) is 21.5 Å². The standard InChI is InChI=1S/C21H25.C13H16.C5H5.2ClH.Zr/c1-20(2,3)16-7-9-18-14(12-16)11-15-13-17(21(4,5)6)8-10-19(15)18;1-3-7-12(8-4-1)11-13-9-5-2-6-10-13;1-2-4-5-3-1;;;/h7-13H,1-6H3;1,3-4,7-8,13H,2,5-6,9-10H2;1-5H;2*1H;/q-1;;-1;;;+2/p-2. The van der Waals surface area contributed by atoms with Crippen molar-refractivity contribution in [2.45, 2.75) is 84.5 Å². The third kappa shape index (κ3) is 9.87. The summed E-state index contributed by atoms with van der Waals surface area (Å²) in [4.78, 5) is 0. The second-order valence-electron chi connectivity index (χ2n) is 13.3. The van der Waals surface area contributed by atoms with Crippen molar-refractivity contribution in [3.63, 3.8) is 0 Å². The number of fused-ring (bicyclic) bond motifs is 3. The summed E-state index contributed by atoms with van der Waals surface area (Å²) in [5, 5.41) is 5.48. The summed E-state index contributed by atoms with van der Waals surface area (Å²) in [7, 11) is 0. The minimum absolute atomic E-state index is 0. The molecular formula is C39H46Cl2Zr-2. The molecule has 1 aliphatic carbocycles. The number of benzene rings is 3. The number of hydrogen-bond donors (Lipinski definition) is 0. The Labute approximate surface area is 282 Å². The van der Waals surface area contributed by atoms with E-state index in [9.17, 15) is 0 Å². The van der Waals surface area contributed by atoms with Gasteiger partial charge < -0.3 is 24.8 Å². The molecule has 0 saturated heterocycles. The van der Waals surface area contributed by atoms with Gasteiger partial charge in [0.05, 0.1) is 0 Å². The summed E-state index contributed by atoms with van der Waals surface area (Å²) in [5.74, 6) is 0.893. The molecule has 0 nitrogen and oxygen atoms in total. The molecule has 42 heavy (non-hydrogen) atoms. The maximum Gasteiger partial charge on any atom is -0.172 e. The van der Waals surface area contributed by atoms with Gasteiger partial charge in [-0.1, -0.05) is 76.9 Å². The first-order valence-corrected chi connectivity index (χ1v) is 16.2. The number of halogens is 2. The second kappa shape index (κ2) is 16.3. The summed E-state index contributed by atoms with van der Waals surface area (Å²) >= 11 is 1.61. The van der Waals surface area contributed by atoms with Gasteiger partial charge >= 0.3 is 101 Å². The van der Waals surface area contributed by atoms with E-state index in [1.54, 1.807) is 27.4 Å². The molecular weight excluding hydrogens is 631 g/mol. The van der Waals surface area contributed by atoms with Gasteiger partial charge in [0, 0.05) is 0 Å². The maximum absolute atomic E-state index is 2.35. The zero-order valence-electron chi connectivity index (χ0n) is 26.2. The largest absolute Gasteiger partial charge is 0.214 e. The molecule has 222 valence electrons. The Kier molecular flexibility index (Phi) is 14.2. The van der Waals surface area contributed by atoms with Gasteiger partial charge in [-0.05, 0) is 10.8 Å². The van der Waals surface area contributed by atoms with Crippen LogP contribution in [0.1, 0.15) is 90.3 Å². The minimum atomic E-state index is 0. The van der Waals surface area contributed by atoms with Crippen LogP contribution in [0.3, 0.4) is 0 Å². The molecule has 5 aromatic carbocycles. The van der Waals surface area contributed by atoms with E-state index in [0.717, 1.165) is 5.92 Å². The van der Waals surface area contributed by atoms with E-state index in [-0.39, 0.29) is 35.6 Å². The molecule has 0 amide bonds. The van der Waals surface area contributed by atoms with Crippen LogP contribution in [0.5, 0.6) is 0 Å². The molecule has 1 aliphatic rings. The predicted octanol–water partition coefficient (Wildman–Crippen LogP) is 5.05. The fourth-order valence-electron chi connectivity index (χ4n) is 5.52. The van der Waals surface area contributed by atoms with Crippen molar-refractivity contribution >= 4 is 24.8 Å². The van der Waals surface area contributed by atoms with Crippen molar-refractivity contribution in [2.75, 3.05) is 0 Å². The van der Waals surface area contributed by atoms with Gasteiger partial charge in [0.15, 0.2) is 0 Å². The fourth-order valence-corrected chi connectivity index (χ4v) is 6.64. The van der Waals surface area contributed by atoms with Crippen LogP contribution in [0.2, 0.25) is 0 Å². The maximum atomic E-state index is 2.35. The van der Waals surface area contributed by atoms with E-state index < -0.39 is 0 Å². The van der Waals surface area contributed by atoms with Crippen LogP contribution in [-0.4, -0.2) is 3.21 Å². The Morgan fingerprint density at radius 2 is 1.12 bits per heavy atom. The van der Waals surface area contributed by atoms with Crippen molar-refractivity contribution in [3.05, 3.63) is 120 Å². The van der Waals surface area contributed by atoms with Gasteiger partial charge in [0.1, 0.15) is 0 Å². The molecule has 0 unspecified atom stereocenters. The van der Waals surface area contributed by atoms with Gasteiger partial charge in [-0.25, -0.2) is 12.1 Å². The average Bonchev–Trinajstić information content (AvgIpc) is 3.64. The van der Waals surface area contributed by atoms with Crippen molar-refractivity contribution in [1.82, 2.24) is 0 Å². The van der Waals surface area contributed by atoms with Crippen molar-refractivity contribution in [2.24, 2.45) is 5.92 Å². The summed E-state index contributed by atoms with van der Waals surface area (Å²) < 4.78 is 1.69. The van der Waals surface area contributed by atoms with E-state index in [4.69, 9.17) is 0 Å². The molecule has 5 aromatic rings. The van der Waals surface area contributed by atoms with Crippen LogP contribution >= 0.6 is 0 Å². The first kappa shape index (κ1) is 36.4. The van der Waals surface area contributed by atoms with E-state index in [1.807, 2.05) is 30.3 Å². The van der Waals surface area contributed by atoms with E-state index in [2.05, 4.69) is 114 Å². The third-order valence-electron chi connectivity index (χ3n) is 8.09. The first-order chi connectivity index (χ1) is 19.0. The van der Waals surface area contributed by atoms with Crippen LogP contribution in [0.15, 0.2) is 103 Å². The van der Waals surface area contributed by atoms with Gasteiger partial charge in [-0.2, -0.15) is 18.2 Å². The molecule has 3 heteroatoms. The van der Waals surface area contributed by atoms with Gasteiger partial charge in [0.2, 0.25) is 0 Å². The molecule has 1 saturated carbocycles. The van der Waals surface area contributed by atoms with Crippen LogP contribution in [0.4, 0.5) is 0 Å². The van der Waals surface area contributed by atoms with Gasteiger partial charge in [0.25, 0.3) is 0 Å². The first-order valence-electron chi connectivity index (χ1n) is 15.0. The summed E-state index contributed by atoms with van der Waals surface area (Å²) in [6, 6.07) is 37.1. The quantitative estimate of drug-likeness (QED) is 0.230. The minimum Gasteiger partial charge on any atom is -0.214 e. The topological polar surface area (TPSA) is 0 Å². The molecule has 0 aliphatic heterocycles. The van der Waals surface area contributed by atoms with E-state index >= 15 is 0 Å². The molecule has 1 fully saturated rings. The SMILES string of the molecule is CC(C)(C)c1ccc2c(c1)[cH-]c1cc(C(C)(C)C)ccc12.[Cl-].[Cl-].[Zr+2]=[C](c1ccccc1)C1CCCCC1.c1cc[cH-]c1. The smallest absolute Gasteiger partial charge is 0.172 e.